The topological polar surface area (TPSA) is 55.8 Å². The summed E-state index contributed by atoms with van der Waals surface area (Å²) < 4.78 is 23.8. The van der Waals surface area contributed by atoms with Crippen LogP contribution < -0.4 is 9.47 Å². The van der Waals surface area contributed by atoms with Gasteiger partial charge in [-0.05, 0) is 49.7 Å². The second kappa shape index (κ2) is 8.47. The minimum atomic E-state index is -0.320. The first-order valence-corrected chi connectivity index (χ1v) is 8.16. The van der Waals surface area contributed by atoms with Gasteiger partial charge in [0.1, 0.15) is 5.82 Å². The zero-order valence-corrected chi connectivity index (χ0v) is 15.3. The van der Waals surface area contributed by atoms with Crippen molar-refractivity contribution in [2.45, 2.75) is 19.9 Å². The van der Waals surface area contributed by atoms with Gasteiger partial charge in [-0.15, -0.1) is 0 Å². The molecule has 0 fully saturated rings. The number of ketones is 1. The molecule has 0 aliphatic rings. The lowest BCUT2D eigenvalue weighted by Crippen LogP contribution is -2.33. The molecule has 2 aromatic rings. The van der Waals surface area contributed by atoms with Gasteiger partial charge < -0.3 is 14.4 Å². The third-order valence-electron chi connectivity index (χ3n) is 4.25. The molecule has 0 bridgehead atoms. The van der Waals surface area contributed by atoms with Crippen LogP contribution in [0, 0.1) is 5.82 Å². The Balaban J connectivity index is 2.03. The predicted octanol–water partition coefficient (Wildman–Crippen LogP) is 3.64. The van der Waals surface area contributed by atoms with Crippen LogP contribution in [0.5, 0.6) is 11.5 Å². The van der Waals surface area contributed by atoms with Crippen molar-refractivity contribution in [3.8, 4) is 11.5 Å². The number of halogens is 1. The van der Waals surface area contributed by atoms with Crippen molar-refractivity contribution in [3.63, 3.8) is 0 Å². The first-order valence-electron chi connectivity index (χ1n) is 8.16. The highest BCUT2D eigenvalue weighted by atomic mass is 19.1. The lowest BCUT2D eigenvalue weighted by atomic mass is 10.1. The summed E-state index contributed by atoms with van der Waals surface area (Å²) in [6.07, 6.45) is 0. The molecule has 0 heterocycles. The Labute approximate surface area is 152 Å². The molecule has 1 atom stereocenters. The van der Waals surface area contributed by atoms with Crippen LogP contribution >= 0.6 is 0 Å². The number of carbonyl (C=O) groups is 2. The SMILES string of the molecule is COc1cc(C(C)=O)ccc1OCC(=O)N(C)[C@H](C)c1ccc(F)cc1. The summed E-state index contributed by atoms with van der Waals surface area (Å²) in [6, 6.07) is 10.6. The van der Waals surface area contributed by atoms with Gasteiger partial charge in [0, 0.05) is 12.6 Å². The number of methoxy groups -OCH3 is 1. The fourth-order valence-electron chi connectivity index (χ4n) is 2.43. The molecule has 0 unspecified atom stereocenters. The van der Waals surface area contributed by atoms with E-state index in [2.05, 4.69) is 0 Å². The molecule has 138 valence electrons. The zero-order valence-electron chi connectivity index (χ0n) is 15.3. The standard InChI is InChI=1S/C20H22FNO4/c1-13(15-5-8-17(21)9-6-15)22(3)20(24)12-26-18-10-7-16(14(2)23)11-19(18)25-4/h5-11,13H,12H2,1-4H3/t13-/m1/s1. The molecule has 26 heavy (non-hydrogen) atoms. The van der Waals surface area contributed by atoms with E-state index >= 15 is 0 Å². The second-order valence-electron chi connectivity index (χ2n) is 5.94. The monoisotopic (exact) mass is 359 g/mol. The Kier molecular flexibility index (Phi) is 6.33. The van der Waals surface area contributed by atoms with Crippen molar-refractivity contribution in [1.82, 2.24) is 4.90 Å². The van der Waals surface area contributed by atoms with Crippen molar-refractivity contribution in [1.29, 1.82) is 0 Å². The number of hydrogen-bond acceptors (Lipinski definition) is 4. The highest BCUT2D eigenvalue weighted by molar-refractivity contribution is 5.94. The first kappa shape index (κ1) is 19.4. The quantitative estimate of drug-likeness (QED) is 0.709. The van der Waals surface area contributed by atoms with Crippen LogP contribution in [-0.4, -0.2) is 37.4 Å². The number of benzene rings is 2. The van der Waals surface area contributed by atoms with Gasteiger partial charge in [-0.3, -0.25) is 9.59 Å². The number of nitrogens with zero attached hydrogens (tertiary/aromatic N) is 1. The van der Waals surface area contributed by atoms with E-state index in [9.17, 15) is 14.0 Å². The van der Waals surface area contributed by atoms with Gasteiger partial charge in [-0.2, -0.15) is 0 Å². The molecule has 0 aliphatic carbocycles. The van der Waals surface area contributed by atoms with Crippen molar-refractivity contribution in [3.05, 3.63) is 59.4 Å². The predicted molar refractivity (Wildman–Crippen MR) is 96.1 cm³/mol. The Bertz CT molecular complexity index is 789. The van der Waals surface area contributed by atoms with Crippen molar-refractivity contribution in [2.24, 2.45) is 0 Å². The zero-order chi connectivity index (χ0) is 19.3. The van der Waals surface area contributed by atoms with E-state index in [4.69, 9.17) is 9.47 Å². The Morgan fingerprint density at radius 1 is 1.12 bits per heavy atom. The summed E-state index contributed by atoms with van der Waals surface area (Å²) in [5.74, 6) is 0.131. The first-order chi connectivity index (χ1) is 12.3. The number of likely N-dealkylation sites (N-methyl/N-ethyl adjacent to an activating group) is 1. The maximum atomic E-state index is 13.0. The van der Waals surface area contributed by atoms with Gasteiger partial charge in [0.25, 0.3) is 5.91 Å². The lowest BCUT2D eigenvalue weighted by Gasteiger charge is -2.25. The van der Waals surface area contributed by atoms with Crippen LogP contribution in [0.1, 0.15) is 35.8 Å². The molecule has 2 rings (SSSR count). The van der Waals surface area contributed by atoms with Crippen LogP contribution in [-0.2, 0) is 4.79 Å². The molecule has 0 radical (unpaired) electrons. The molecule has 0 saturated heterocycles. The normalized spacial score (nSPS) is 11.6. The Morgan fingerprint density at radius 3 is 2.35 bits per heavy atom. The lowest BCUT2D eigenvalue weighted by molar-refractivity contribution is -0.134. The molecular weight excluding hydrogens is 337 g/mol. The van der Waals surface area contributed by atoms with E-state index in [0.717, 1.165) is 5.56 Å². The summed E-state index contributed by atoms with van der Waals surface area (Å²) >= 11 is 0. The maximum absolute atomic E-state index is 13.0. The summed E-state index contributed by atoms with van der Waals surface area (Å²) in [6.45, 7) is 3.13. The molecule has 0 aliphatic heterocycles. The summed E-state index contributed by atoms with van der Waals surface area (Å²) in [4.78, 5) is 25.4. The number of amides is 1. The van der Waals surface area contributed by atoms with Crippen LogP contribution in [0.2, 0.25) is 0 Å². The van der Waals surface area contributed by atoms with E-state index in [-0.39, 0.29) is 30.2 Å². The van der Waals surface area contributed by atoms with Crippen LogP contribution in [0.25, 0.3) is 0 Å². The van der Waals surface area contributed by atoms with Crippen LogP contribution in [0.3, 0.4) is 0 Å². The number of carbonyl (C=O) groups excluding carboxylic acids is 2. The number of ether oxygens (including phenoxy) is 2. The highest BCUT2D eigenvalue weighted by Crippen LogP contribution is 2.28. The number of rotatable bonds is 7. The average Bonchev–Trinajstić information content (AvgIpc) is 2.65. The van der Waals surface area contributed by atoms with Crippen LogP contribution in [0.15, 0.2) is 42.5 Å². The van der Waals surface area contributed by atoms with Gasteiger partial charge >= 0.3 is 0 Å². The van der Waals surface area contributed by atoms with Crippen molar-refractivity contribution >= 4 is 11.7 Å². The largest absolute Gasteiger partial charge is 0.493 e. The van der Waals surface area contributed by atoms with Crippen molar-refractivity contribution in [2.75, 3.05) is 20.8 Å². The Hall–Kier alpha value is -2.89. The third kappa shape index (κ3) is 4.59. The summed E-state index contributed by atoms with van der Waals surface area (Å²) in [5, 5.41) is 0. The van der Waals surface area contributed by atoms with Crippen molar-refractivity contribution < 1.29 is 23.5 Å². The minimum absolute atomic E-state index is 0.0845. The minimum Gasteiger partial charge on any atom is -0.493 e. The molecule has 0 spiro atoms. The van der Waals surface area contributed by atoms with Gasteiger partial charge in [-0.1, -0.05) is 12.1 Å². The molecule has 0 aromatic heterocycles. The molecule has 0 N–H and O–H groups in total. The van der Waals surface area contributed by atoms with Gasteiger partial charge in [0.05, 0.1) is 13.2 Å². The average molecular weight is 359 g/mol. The van der Waals surface area contributed by atoms with Gasteiger partial charge in [0.15, 0.2) is 23.9 Å². The Morgan fingerprint density at radius 2 is 1.77 bits per heavy atom. The van der Waals surface area contributed by atoms with E-state index in [1.165, 1.54) is 31.1 Å². The third-order valence-corrected chi connectivity index (χ3v) is 4.25. The maximum Gasteiger partial charge on any atom is 0.260 e. The second-order valence-corrected chi connectivity index (χ2v) is 5.94. The highest BCUT2D eigenvalue weighted by Gasteiger charge is 2.19. The summed E-state index contributed by atoms with van der Waals surface area (Å²) in [5.41, 5.74) is 1.33. The van der Waals surface area contributed by atoms with E-state index in [1.807, 2.05) is 6.92 Å². The number of hydrogen-bond donors (Lipinski definition) is 0. The fraction of sp³-hybridized carbons (Fsp3) is 0.300. The van der Waals surface area contributed by atoms with E-state index in [1.54, 1.807) is 37.4 Å². The van der Waals surface area contributed by atoms with Crippen LogP contribution in [0.4, 0.5) is 4.39 Å². The molecule has 1 amide bonds. The molecule has 0 saturated carbocycles. The van der Waals surface area contributed by atoms with Gasteiger partial charge in [0.2, 0.25) is 0 Å². The number of Topliss-reactive ketones (excluding diaryl/α,β-unsaturated/α-hetero) is 1. The smallest absolute Gasteiger partial charge is 0.260 e. The summed E-state index contributed by atoms with van der Waals surface area (Å²) in [7, 11) is 3.13. The fourth-order valence-corrected chi connectivity index (χ4v) is 2.43. The molecular formula is C20H22FNO4. The van der Waals surface area contributed by atoms with E-state index < -0.39 is 0 Å². The van der Waals surface area contributed by atoms with E-state index in [0.29, 0.717) is 17.1 Å². The molecule has 5 nitrogen and oxygen atoms in total. The molecule has 2 aromatic carbocycles. The van der Waals surface area contributed by atoms with Gasteiger partial charge in [-0.25, -0.2) is 4.39 Å². The molecule has 6 heteroatoms.